The molecule has 0 spiro atoms. The summed E-state index contributed by atoms with van der Waals surface area (Å²) in [7, 11) is 3.73. The Morgan fingerprint density at radius 1 is 1.39 bits per heavy atom. The molecule has 1 aliphatic rings. The lowest BCUT2D eigenvalue weighted by atomic mass is 9.97. The number of rotatable bonds is 9. The van der Waals surface area contributed by atoms with Crippen molar-refractivity contribution in [2.75, 3.05) is 46.9 Å². The van der Waals surface area contributed by atoms with E-state index in [0.29, 0.717) is 0 Å². The second kappa shape index (κ2) is 11.5. The van der Waals surface area contributed by atoms with Crippen LogP contribution < -0.4 is 15.8 Å². The van der Waals surface area contributed by atoms with Crippen molar-refractivity contribution in [2.24, 2.45) is 16.6 Å². The van der Waals surface area contributed by atoms with Gasteiger partial charge in [0.1, 0.15) is 5.75 Å². The highest BCUT2D eigenvalue weighted by Crippen LogP contribution is 2.16. The minimum Gasteiger partial charge on any atom is -0.497 e. The second-order valence-corrected chi connectivity index (χ2v) is 7.34. The van der Waals surface area contributed by atoms with Gasteiger partial charge in [0, 0.05) is 33.2 Å². The number of ether oxygens (including phenoxy) is 1. The Hall–Kier alpha value is -2.28. The number of methoxy groups -OCH3 is 1. The fourth-order valence-corrected chi connectivity index (χ4v) is 3.52. The molecule has 3 N–H and O–H groups in total. The number of carbonyl (C=O) groups is 1. The predicted molar refractivity (Wildman–Crippen MR) is 113 cm³/mol. The predicted octanol–water partition coefficient (Wildman–Crippen LogP) is 1.68. The number of aliphatic imine (C=N–C) groups is 1. The molecule has 1 unspecified atom stereocenters. The van der Waals surface area contributed by atoms with E-state index in [9.17, 15) is 4.79 Å². The summed E-state index contributed by atoms with van der Waals surface area (Å²) in [5.74, 6) is 1.61. The first-order valence-corrected chi connectivity index (χ1v) is 10.2. The third-order valence-electron chi connectivity index (χ3n) is 5.08. The fraction of sp³-hybridized carbons (Fsp3) is 0.619. The molecule has 1 amide bonds. The summed E-state index contributed by atoms with van der Waals surface area (Å²) in [6, 6.07) is 8.10. The molecule has 156 valence electrons. The van der Waals surface area contributed by atoms with Crippen LogP contribution >= 0.6 is 0 Å². The van der Waals surface area contributed by atoms with Gasteiger partial charge in [-0.1, -0.05) is 12.1 Å². The number of nitrogens with one attached hydrogen (secondary N) is 1. The minimum absolute atomic E-state index is 0.00482. The number of likely N-dealkylation sites (tertiary alicyclic amines) is 1. The standard InChI is InChI=1S/C21H35N5O2/c1-4-23-21(25(2)15-17-8-10-19(28-3)11-9-17)24-12-6-14-26-13-5-7-18(16-26)20(22)27/h8-11,18H,4-7,12-16H2,1-3H3,(H2,22,27)(H,23,24). The van der Waals surface area contributed by atoms with Crippen LogP contribution in [-0.4, -0.2) is 68.5 Å². The molecular weight excluding hydrogens is 354 g/mol. The number of primary amides is 1. The minimum atomic E-state index is -0.169. The molecule has 1 fully saturated rings. The van der Waals surface area contributed by atoms with Crippen LogP contribution in [0.1, 0.15) is 31.7 Å². The number of nitrogens with two attached hydrogens (primary N) is 1. The summed E-state index contributed by atoms with van der Waals surface area (Å²) in [5, 5.41) is 3.36. The van der Waals surface area contributed by atoms with E-state index in [0.717, 1.165) is 70.2 Å². The van der Waals surface area contributed by atoms with E-state index in [2.05, 4.69) is 34.2 Å². The number of amides is 1. The topological polar surface area (TPSA) is 83.2 Å². The van der Waals surface area contributed by atoms with Gasteiger partial charge in [-0.25, -0.2) is 0 Å². The molecule has 7 heteroatoms. The maximum atomic E-state index is 11.4. The van der Waals surface area contributed by atoms with Crippen molar-refractivity contribution in [3.63, 3.8) is 0 Å². The molecule has 1 aliphatic heterocycles. The normalized spacial score (nSPS) is 18.0. The number of carbonyl (C=O) groups excluding carboxylic acids is 1. The average molecular weight is 390 g/mol. The van der Waals surface area contributed by atoms with Crippen molar-refractivity contribution >= 4 is 11.9 Å². The molecule has 1 aromatic rings. The zero-order chi connectivity index (χ0) is 20.4. The van der Waals surface area contributed by atoms with Crippen LogP contribution in [0.2, 0.25) is 0 Å². The van der Waals surface area contributed by atoms with Crippen LogP contribution in [0.15, 0.2) is 29.3 Å². The van der Waals surface area contributed by atoms with E-state index >= 15 is 0 Å². The Labute approximate surface area is 168 Å². The van der Waals surface area contributed by atoms with E-state index in [-0.39, 0.29) is 11.8 Å². The lowest BCUT2D eigenvalue weighted by molar-refractivity contribution is -0.123. The Kier molecular flexibility index (Phi) is 9.07. The molecule has 0 bridgehead atoms. The number of nitrogens with zero attached hydrogens (tertiary/aromatic N) is 3. The van der Waals surface area contributed by atoms with Crippen LogP contribution in [0.4, 0.5) is 0 Å². The zero-order valence-corrected chi connectivity index (χ0v) is 17.5. The first-order valence-electron chi connectivity index (χ1n) is 10.2. The molecule has 0 aliphatic carbocycles. The van der Waals surface area contributed by atoms with Gasteiger partial charge >= 0.3 is 0 Å². The lowest BCUT2D eigenvalue weighted by Crippen LogP contribution is -2.41. The summed E-state index contributed by atoms with van der Waals surface area (Å²) >= 11 is 0. The number of piperidine rings is 1. The Morgan fingerprint density at radius 2 is 2.14 bits per heavy atom. The monoisotopic (exact) mass is 389 g/mol. The quantitative estimate of drug-likeness (QED) is 0.381. The molecule has 1 saturated heterocycles. The van der Waals surface area contributed by atoms with Gasteiger partial charge < -0.3 is 25.6 Å². The van der Waals surface area contributed by atoms with Crippen LogP contribution in [0, 0.1) is 5.92 Å². The molecule has 0 saturated carbocycles. The third kappa shape index (κ3) is 7.03. The van der Waals surface area contributed by atoms with Gasteiger partial charge in [0.2, 0.25) is 5.91 Å². The Morgan fingerprint density at radius 3 is 2.79 bits per heavy atom. The van der Waals surface area contributed by atoms with E-state index < -0.39 is 0 Å². The smallest absolute Gasteiger partial charge is 0.221 e. The Balaban J connectivity index is 1.82. The molecule has 1 atom stereocenters. The van der Waals surface area contributed by atoms with E-state index in [1.165, 1.54) is 5.56 Å². The highest BCUT2D eigenvalue weighted by atomic mass is 16.5. The molecule has 7 nitrogen and oxygen atoms in total. The molecule has 1 heterocycles. The molecular formula is C21H35N5O2. The summed E-state index contributed by atoms with van der Waals surface area (Å²) in [5.41, 5.74) is 6.67. The second-order valence-electron chi connectivity index (χ2n) is 7.34. The van der Waals surface area contributed by atoms with Crippen molar-refractivity contribution in [2.45, 2.75) is 32.7 Å². The van der Waals surface area contributed by atoms with E-state index in [4.69, 9.17) is 15.5 Å². The van der Waals surface area contributed by atoms with Crippen molar-refractivity contribution in [1.29, 1.82) is 0 Å². The number of hydrogen-bond acceptors (Lipinski definition) is 4. The van der Waals surface area contributed by atoms with Gasteiger partial charge in [-0.3, -0.25) is 9.79 Å². The van der Waals surface area contributed by atoms with Crippen molar-refractivity contribution < 1.29 is 9.53 Å². The summed E-state index contributed by atoms with van der Waals surface area (Å²) < 4.78 is 5.22. The molecule has 2 rings (SSSR count). The van der Waals surface area contributed by atoms with Crippen molar-refractivity contribution in [3.8, 4) is 5.75 Å². The highest BCUT2D eigenvalue weighted by molar-refractivity contribution is 5.79. The highest BCUT2D eigenvalue weighted by Gasteiger charge is 2.23. The average Bonchev–Trinajstić information content (AvgIpc) is 2.71. The van der Waals surface area contributed by atoms with Crippen LogP contribution in [0.25, 0.3) is 0 Å². The zero-order valence-electron chi connectivity index (χ0n) is 17.5. The number of hydrogen-bond donors (Lipinski definition) is 2. The summed E-state index contributed by atoms with van der Waals surface area (Å²) in [6.45, 7) is 7.23. The molecule has 0 aromatic heterocycles. The van der Waals surface area contributed by atoms with E-state index in [1.54, 1.807) is 7.11 Å². The molecule has 0 radical (unpaired) electrons. The summed E-state index contributed by atoms with van der Waals surface area (Å²) in [6.07, 6.45) is 2.94. The maximum Gasteiger partial charge on any atom is 0.221 e. The van der Waals surface area contributed by atoms with Crippen molar-refractivity contribution in [1.82, 2.24) is 15.1 Å². The summed E-state index contributed by atoms with van der Waals surface area (Å²) in [4.78, 5) is 20.6. The van der Waals surface area contributed by atoms with E-state index in [1.807, 2.05) is 19.2 Å². The van der Waals surface area contributed by atoms with Gasteiger partial charge in [-0.2, -0.15) is 0 Å². The van der Waals surface area contributed by atoms with Crippen LogP contribution in [0.5, 0.6) is 5.75 Å². The maximum absolute atomic E-state index is 11.4. The van der Waals surface area contributed by atoms with Gasteiger partial charge in [0.05, 0.1) is 13.0 Å². The molecule has 1 aromatic carbocycles. The first-order chi connectivity index (χ1) is 13.5. The van der Waals surface area contributed by atoms with Gasteiger partial charge in [-0.05, 0) is 57.0 Å². The Bertz CT molecular complexity index is 632. The molecule has 28 heavy (non-hydrogen) atoms. The van der Waals surface area contributed by atoms with Crippen LogP contribution in [-0.2, 0) is 11.3 Å². The number of guanidine groups is 1. The van der Waals surface area contributed by atoms with Gasteiger partial charge in [0.15, 0.2) is 5.96 Å². The first kappa shape index (κ1) is 22.0. The SMILES string of the molecule is CCNC(=NCCCN1CCCC(C(N)=O)C1)N(C)Cc1ccc(OC)cc1. The van der Waals surface area contributed by atoms with Gasteiger partial charge in [-0.15, -0.1) is 0 Å². The van der Waals surface area contributed by atoms with Crippen molar-refractivity contribution in [3.05, 3.63) is 29.8 Å². The van der Waals surface area contributed by atoms with Gasteiger partial charge in [0.25, 0.3) is 0 Å². The number of benzene rings is 1. The van der Waals surface area contributed by atoms with Crippen LogP contribution in [0.3, 0.4) is 0 Å². The largest absolute Gasteiger partial charge is 0.497 e. The fourth-order valence-electron chi connectivity index (χ4n) is 3.52. The lowest BCUT2D eigenvalue weighted by Gasteiger charge is -2.30. The third-order valence-corrected chi connectivity index (χ3v) is 5.08.